The molecule has 1 rings (SSSR count). The summed E-state index contributed by atoms with van der Waals surface area (Å²) in [5, 5.41) is 12.1. The van der Waals surface area contributed by atoms with Gasteiger partial charge in [-0.3, -0.25) is 0 Å². The number of hydrogen-bond donors (Lipinski definition) is 1. The average molecular weight is 184 g/mol. The van der Waals surface area contributed by atoms with E-state index in [4.69, 9.17) is 10.6 Å². The zero-order valence-corrected chi connectivity index (χ0v) is 7.26. The van der Waals surface area contributed by atoms with Crippen molar-refractivity contribution >= 4 is 6.09 Å². The first kappa shape index (κ1) is 9.67. The normalized spacial score (nSPS) is 21.2. The minimum Gasteiger partial charge on any atom is -0.465 e. The Kier molecular flexibility index (Phi) is 3.40. The molecule has 1 heterocycles. The van der Waals surface area contributed by atoms with Crippen LogP contribution in [0.1, 0.15) is 12.8 Å². The van der Waals surface area contributed by atoms with E-state index in [1.54, 1.807) is 0 Å². The number of azide groups is 1. The topological polar surface area (TPSA) is 89.3 Å². The van der Waals surface area contributed by atoms with Gasteiger partial charge < -0.3 is 10.0 Å². The van der Waals surface area contributed by atoms with Crippen LogP contribution in [0, 0.1) is 5.92 Å². The number of carboxylic acid groups (broad SMARTS) is 1. The Balaban J connectivity index is 2.24. The number of nitrogens with zero attached hydrogens (tertiary/aromatic N) is 4. The van der Waals surface area contributed by atoms with Gasteiger partial charge >= 0.3 is 6.09 Å². The van der Waals surface area contributed by atoms with E-state index in [1.807, 2.05) is 0 Å². The quantitative estimate of drug-likeness (QED) is 0.410. The highest BCUT2D eigenvalue weighted by Crippen LogP contribution is 2.19. The summed E-state index contributed by atoms with van der Waals surface area (Å²) in [6.45, 7) is 1.65. The molecule has 1 aliphatic rings. The van der Waals surface area contributed by atoms with Gasteiger partial charge in [0.1, 0.15) is 0 Å². The van der Waals surface area contributed by atoms with Crippen molar-refractivity contribution in [3.05, 3.63) is 10.4 Å². The molecule has 0 spiro atoms. The van der Waals surface area contributed by atoms with Crippen molar-refractivity contribution in [3.63, 3.8) is 0 Å². The lowest BCUT2D eigenvalue weighted by molar-refractivity contribution is 0.154. The Labute approximate surface area is 75.8 Å². The van der Waals surface area contributed by atoms with Crippen molar-refractivity contribution in [3.8, 4) is 0 Å². The first-order chi connectivity index (χ1) is 6.24. The third kappa shape index (κ3) is 2.83. The highest BCUT2D eigenvalue weighted by molar-refractivity contribution is 5.65. The second-order valence-electron chi connectivity index (χ2n) is 3.13. The molecule has 0 saturated carbocycles. The average Bonchev–Trinajstić information content (AvgIpc) is 2.53. The monoisotopic (exact) mass is 184 g/mol. The summed E-state index contributed by atoms with van der Waals surface area (Å²) in [6.07, 6.45) is 0.812. The summed E-state index contributed by atoms with van der Waals surface area (Å²) in [4.78, 5) is 14.6. The molecule has 0 aromatic heterocycles. The summed E-state index contributed by atoms with van der Waals surface area (Å²) in [6, 6.07) is 0. The molecule has 0 bridgehead atoms. The van der Waals surface area contributed by atoms with Crippen LogP contribution in [0.2, 0.25) is 0 Å². The van der Waals surface area contributed by atoms with E-state index < -0.39 is 6.09 Å². The molecule has 1 saturated heterocycles. The maximum absolute atomic E-state index is 10.5. The van der Waals surface area contributed by atoms with E-state index in [1.165, 1.54) is 4.90 Å². The first-order valence-corrected chi connectivity index (χ1v) is 4.22. The molecule has 0 unspecified atom stereocenters. The van der Waals surface area contributed by atoms with Gasteiger partial charge in [0.2, 0.25) is 0 Å². The molecular weight excluding hydrogens is 172 g/mol. The van der Waals surface area contributed by atoms with Crippen molar-refractivity contribution in [2.24, 2.45) is 11.0 Å². The second-order valence-corrected chi connectivity index (χ2v) is 3.13. The van der Waals surface area contributed by atoms with Crippen molar-refractivity contribution in [1.82, 2.24) is 4.90 Å². The smallest absolute Gasteiger partial charge is 0.407 e. The third-order valence-electron chi connectivity index (χ3n) is 2.26. The van der Waals surface area contributed by atoms with Crippen molar-refractivity contribution in [2.75, 3.05) is 19.6 Å². The molecule has 6 heteroatoms. The van der Waals surface area contributed by atoms with Crippen LogP contribution in [0.5, 0.6) is 0 Å². The molecule has 1 atom stereocenters. The highest BCUT2D eigenvalue weighted by atomic mass is 16.4. The molecule has 0 aliphatic carbocycles. The van der Waals surface area contributed by atoms with Gasteiger partial charge in [-0.05, 0) is 24.3 Å². The maximum Gasteiger partial charge on any atom is 0.407 e. The Morgan fingerprint density at radius 1 is 1.77 bits per heavy atom. The van der Waals surface area contributed by atoms with Gasteiger partial charge in [-0.2, -0.15) is 0 Å². The fraction of sp³-hybridized carbons (Fsp3) is 0.857. The van der Waals surface area contributed by atoms with Crippen molar-refractivity contribution < 1.29 is 9.90 Å². The molecule has 0 aromatic rings. The Bertz CT molecular complexity index is 237. The van der Waals surface area contributed by atoms with Gasteiger partial charge in [-0.1, -0.05) is 5.11 Å². The van der Waals surface area contributed by atoms with Crippen LogP contribution in [0.25, 0.3) is 10.4 Å². The van der Waals surface area contributed by atoms with Crippen LogP contribution in [0.4, 0.5) is 4.79 Å². The van der Waals surface area contributed by atoms with Crippen LogP contribution in [-0.4, -0.2) is 35.7 Å². The number of amides is 1. The van der Waals surface area contributed by atoms with E-state index in [-0.39, 0.29) is 0 Å². The minimum atomic E-state index is -0.855. The number of hydrogen-bond acceptors (Lipinski definition) is 2. The SMILES string of the molecule is [N-]=[N+]=NCC[C@@H]1CCN(C(=O)O)C1. The zero-order valence-electron chi connectivity index (χ0n) is 7.26. The lowest BCUT2D eigenvalue weighted by Gasteiger charge is -2.10. The molecule has 0 radical (unpaired) electrons. The van der Waals surface area contributed by atoms with Gasteiger partial charge in [-0.15, -0.1) is 0 Å². The largest absolute Gasteiger partial charge is 0.465 e. The van der Waals surface area contributed by atoms with Crippen LogP contribution in [-0.2, 0) is 0 Å². The Hall–Kier alpha value is -1.42. The van der Waals surface area contributed by atoms with Gasteiger partial charge in [0.25, 0.3) is 0 Å². The fourth-order valence-electron chi connectivity index (χ4n) is 1.53. The van der Waals surface area contributed by atoms with Crippen LogP contribution in [0.3, 0.4) is 0 Å². The number of carbonyl (C=O) groups is 1. The molecule has 13 heavy (non-hydrogen) atoms. The fourth-order valence-corrected chi connectivity index (χ4v) is 1.53. The van der Waals surface area contributed by atoms with Gasteiger partial charge in [0.05, 0.1) is 0 Å². The summed E-state index contributed by atoms with van der Waals surface area (Å²) >= 11 is 0. The first-order valence-electron chi connectivity index (χ1n) is 4.22. The second kappa shape index (κ2) is 4.57. The van der Waals surface area contributed by atoms with Gasteiger partial charge in [0, 0.05) is 24.5 Å². The standard InChI is InChI=1S/C7H12N4O2/c8-10-9-3-1-6-2-4-11(5-6)7(12)13/h6H,1-5H2,(H,12,13)/t6-/m1/s1. The lowest BCUT2D eigenvalue weighted by atomic mass is 10.1. The maximum atomic E-state index is 10.5. The van der Waals surface area contributed by atoms with Gasteiger partial charge in [-0.25, -0.2) is 4.79 Å². The zero-order chi connectivity index (χ0) is 9.68. The molecule has 1 amide bonds. The number of likely N-dealkylation sites (tertiary alicyclic amines) is 1. The van der Waals surface area contributed by atoms with Crippen LogP contribution < -0.4 is 0 Å². The molecule has 1 fully saturated rings. The summed E-state index contributed by atoms with van der Waals surface area (Å²) in [5.41, 5.74) is 8.03. The highest BCUT2D eigenvalue weighted by Gasteiger charge is 2.24. The third-order valence-corrected chi connectivity index (χ3v) is 2.26. The number of rotatable bonds is 3. The van der Waals surface area contributed by atoms with E-state index in [0.717, 1.165) is 12.8 Å². The van der Waals surface area contributed by atoms with E-state index >= 15 is 0 Å². The molecule has 1 aliphatic heterocycles. The molecule has 1 N–H and O–H groups in total. The predicted octanol–water partition coefficient (Wildman–Crippen LogP) is 1.69. The Morgan fingerprint density at radius 3 is 3.08 bits per heavy atom. The minimum absolute atomic E-state index is 0.363. The summed E-state index contributed by atoms with van der Waals surface area (Å²) in [7, 11) is 0. The van der Waals surface area contributed by atoms with Crippen LogP contribution in [0.15, 0.2) is 5.11 Å². The van der Waals surface area contributed by atoms with Crippen molar-refractivity contribution in [2.45, 2.75) is 12.8 Å². The van der Waals surface area contributed by atoms with Crippen molar-refractivity contribution in [1.29, 1.82) is 0 Å². The summed E-state index contributed by atoms with van der Waals surface area (Å²) < 4.78 is 0. The molecule has 6 nitrogen and oxygen atoms in total. The van der Waals surface area contributed by atoms with E-state index in [0.29, 0.717) is 25.6 Å². The van der Waals surface area contributed by atoms with Gasteiger partial charge in [0.15, 0.2) is 0 Å². The molecular formula is C7H12N4O2. The summed E-state index contributed by atoms with van der Waals surface area (Å²) in [5.74, 6) is 0.363. The molecule has 0 aromatic carbocycles. The lowest BCUT2D eigenvalue weighted by Crippen LogP contribution is -2.26. The van der Waals surface area contributed by atoms with E-state index in [9.17, 15) is 4.79 Å². The predicted molar refractivity (Wildman–Crippen MR) is 46.3 cm³/mol. The molecule has 72 valence electrons. The Morgan fingerprint density at radius 2 is 2.54 bits per heavy atom. The van der Waals surface area contributed by atoms with Crippen LogP contribution >= 0.6 is 0 Å². The van der Waals surface area contributed by atoms with E-state index in [2.05, 4.69) is 10.0 Å².